The van der Waals surface area contributed by atoms with Gasteiger partial charge in [0.05, 0.1) is 11.6 Å². The van der Waals surface area contributed by atoms with Crippen molar-refractivity contribution in [3.63, 3.8) is 0 Å². The summed E-state index contributed by atoms with van der Waals surface area (Å²) in [5.74, 6) is -0.900. The fourth-order valence-electron chi connectivity index (χ4n) is 2.43. The van der Waals surface area contributed by atoms with Gasteiger partial charge in [0, 0.05) is 12.0 Å². The van der Waals surface area contributed by atoms with Gasteiger partial charge < -0.3 is 5.32 Å². The third-order valence-electron chi connectivity index (χ3n) is 3.45. The number of carbonyl (C=O) groups excluding carboxylic acids is 3. The highest BCUT2D eigenvalue weighted by molar-refractivity contribution is 7.80. The molecule has 2 aliphatic heterocycles. The number of rotatable bonds is 2. The van der Waals surface area contributed by atoms with Crippen molar-refractivity contribution in [3.05, 3.63) is 35.5 Å². The van der Waals surface area contributed by atoms with Gasteiger partial charge in [-0.15, -0.1) is 0 Å². The summed E-state index contributed by atoms with van der Waals surface area (Å²) in [5.41, 5.74) is 0.734. The molecule has 0 saturated carbocycles. The number of hydrogen-bond acceptors (Lipinski definition) is 4. The lowest BCUT2D eigenvalue weighted by Gasteiger charge is -2.29. The Balaban J connectivity index is 2.37. The minimum atomic E-state index is -0.552. The molecule has 2 aliphatic rings. The van der Waals surface area contributed by atoms with Crippen LogP contribution >= 0.6 is 12.2 Å². The van der Waals surface area contributed by atoms with E-state index in [0.717, 1.165) is 4.90 Å². The van der Waals surface area contributed by atoms with E-state index in [1.54, 1.807) is 31.2 Å². The number of hydrogen-bond donors (Lipinski definition) is 1. The first-order chi connectivity index (χ1) is 10.0. The minimum Gasteiger partial charge on any atom is -0.319 e. The molecule has 1 unspecified atom stereocenters. The van der Waals surface area contributed by atoms with Crippen molar-refractivity contribution in [2.75, 3.05) is 0 Å². The fraction of sp³-hybridized carbons (Fsp3) is 0.333. The van der Waals surface area contributed by atoms with Crippen LogP contribution in [-0.2, 0) is 14.4 Å². The van der Waals surface area contributed by atoms with Crippen molar-refractivity contribution in [2.24, 2.45) is 0 Å². The van der Waals surface area contributed by atoms with E-state index in [4.69, 9.17) is 12.2 Å². The molecule has 1 atom stereocenters. The van der Waals surface area contributed by atoms with Gasteiger partial charge in [-0.2, -0.15) is 0 Å². The highest BCUT2D eigenvalue weighted by atomic mass is 32.1. The molecule has 2 saturated heterocycles. The zero-order chi connectivity index (χ0) is 15.6. The van der Waals surface area contributed by atoms with Crippen LogP contribution in [0.15, 0.2) is 35.5 Å². The molecule has 0 aromatic carbocycles. The quantitative estimate of drug-likeness (QED) is 0.476. The number of nitrogens with zero attached hydrogens (tertiary/aromatic N) is 1. The molecule has 0 radical (unpaired) electrons. The highest BCUT2D eigenvalue weighted by Crippen LogP contribution is 2.29. The maximum atomic E-state index is 12.5. The zero-order valence-electron chi connectivity index (χ0n) is 11.9. The lowest BCUT2D eigenvalue weighted by atomic mass is 10.1. The molecule has 0 aromatic heterocycles. The highest BCUT2D eigenvalue weighted by Gasteiger charge is 2.44. The smallest absolute Gasteiger partial charge is 0.262 e. The van der Waals surface area contributed by atoms with Crippen molar-refractivity contribution in [3.8, 4) is 0 Å². The third-order valence-corrected chi connectivity index (χ3v) is 3.83. The van der Waals surface area contributed by atoms with Crippen LogP contribution in [0.5, 0.6) is 0 Å². The number of amides is 3. The van der Waals surface area contributed by atoms with Crippen molar-refractivity contribution in [2.45, 2.75) is 32.7 Å². The second-order valence-corrected chi connectivity index (χ2v) is 5.20. The lowest BCUT2D eigenvalue weighted by Crippen LogP contribution is -2.53. The molecule has 0 spiro atoms. The van der Waals surface area contributed by atoms with Crippen LogP contribution in [0.25, 0.3) is 0 Å². The fourth-order valence-corrected chi connectivity index (χ4v) is 2.76. The Kier molecular flexibility index (Phi) is 4.47. The van der Waals surface area contributed by atoms with Gasteiger partial charge in [-0.1, -0.05) is 30.4 Å². The SMILES string of the molecule is C\C=C/C=C1/C(=O)N(C2CCC(=O)NC2=S)C(=O)/C1=C/C. The van der Waals surface area contributed by atoms with Crippen molar-refractivity contribution in [1.29, 1.82) is 0 Å². The Morgan fingerprint density at radius 2 is 1.86 bits per heavy atom. The normalized spacial score (nSPS) is 27.3. The second kappa shape index (κ2) is 6.13. The number of allylic oxidation sites excluding steroid dienone is 4. The number of likely N-dealkylation sites (tertiary alicyclic amines) is 1. The first kappa shape index (κ1) is 15.3. The molecular formula is C15H16N2O3S. The Hall–Kier alpha value is -2.08. The molecule has 0 aromatic rings. The molecule has 2 rings (SSSR count). The summed E-state index contributed by atoms with van der Waals surface area (Å²) in [4.78, 5) is 37.6. The predicted molar refractivity (Wildman–Crippen MR) is 82.3 cm³/mol. The van der Waals surface area contributed by atoms with Gasteiger partial charge in [-0.25, -0.2) is 0 Å². The van der Waals surface area contributed by atoms with E-state index in [1.165, 1.54) is 0 Å². The van der Waals surface area contributed by atoms with Crippen LogP contribution < -0.4 is 5.32 Å². The minimum absolute atomic E-state index is 0.175. The molecular weight excluding hydrogens is 288 g/mol. The maximum absolute atomic E-state index is 12.5. The number of piperidine rings is 1. The molecule has 21 heavy (non-hydrogen) atoms. The summed E-state index contributed by atoms with van der Waals surface area (Å²) >= 11 is 5.12. The van der Waals surface area contributed by atoms with Crippen LogP contribution in [0, 0.1) is 0 Å². The number of nitrogens with one attached hydrogen (secondary N) is 1. The molecule has 6 heteroatoms. The molecule has 0 bridgehead atoms. The largest absolute Gasteiger partial charge is 0.319 e. The molecule has 1 N–H and O–H groups in total. The van der Waals surface area contributed by atoms with Gasteiger partial charge in [-0.3, -0.25) is 19.3 Å². The first-order valence-electron chi connectivity index (χ1n) is 6.72. The van der Waals surface area contributed by atoms with E-state index in [-0.39, 0.29) is 29.1 Å². The van der Waals surface area contributed by atoms with E-state index in [2.05, 4.69) is 5.32 Å². The van der Waals surface area contributed by atoms with E-state index in [9.17, 15) is 14.4 Å². The zero-order valence-corrected chi connectivity index (χ0v) is 12.7. The molecule has 2 fully saturated rings. The van der Waals surface area contributed by atoms with Crippen molar-refractivity contribution >= 4 is 34.9 Å². The summed E-state index contributed by atoms with van der Waals surface area (Å²) in [5, 5.41) is 2.53. The molecule has 3 amide bonds. The van der Waals surface area contributed by atoms with Crippen LogP contribution in [-0.4, -0.2) is 33.7 Å². The Bertz CT molecular complexity index is 616. The number of thiocarbonyl (C=S) groups is 1. The van der Waals surface area contributed by atoms with E-state index in [0.29, 0.717) is 17.6 Å². The Morgan fingerprint density at radius 3 is 2.43 bits per heavy atom. The number of imide groups is 1. The summed E-state index contributed by atoms with van der Waals surface area (Å²) in [6, 6.07) is -0.552. The summed E-state index contributed by atoms with van der Waals surface area (Å²) < 4.78 is 0. The molecule has 0 aliphatic carbocycles. The summed E-state index contributed by atoms with van der Waals surface area (Å²) in [6.07, 6.45) is 7.37. The maximum Gasteiger partial charge on any atom is 0.262 e. The average molecular weight is 304 g/mol. The first-order valence-corrected chi connectivity index (χ1v) is 7.13. The summed E-state index contributed by atoms with van der Waals surface area (Å²) in [6.45, 7) is 3.55. The lowest BCUT2D eigenvalue weighted by molar-refractivity contribution is -0.139. The van der Waals surface area contributed by atoms with E-state index < -0.39 is 6.04 Å². The topological polar surface area (TPSA) is 66.5 Å². The molecule has 2 heterocycles. The van der Waals surface area contributed by atoms with E-state index in [1.807, 2.05) is 6.92 Å². The van der Waals surface area contributed by atoms with Gasteiger partial charge >= 0.3 is 0 Å². The Morgan fingerprint density at radius 1 is 1.19 bits per heavy atom. The van der Waals surface area contributed by atoms with Crippen LogP contribution in [0.1, 0.15) is 26.7 Å². The standard InChI is InChI=1S/C15H16N2O3S/c1-3-5-6-10-9(4-2)14(19)17(15(10)20)11-7-8-12(18)16-13(11)21/h3-6,11H,7-8H2,1-2H3,(H,16,18,21)/b5-3-,9-4+,10-6+. The molecule has 5 nitrogen and oxygen atoms in total. The van der Waals surface area contributed by atoms with Crippen molar-refractivity contribution < 1.29 is 14.4 Å². The third kappa shape index (κ3) is 2.71. The van der Waals surface area contributed by atoms with Crippen LogP contribution in [0.4, 0.5) is 0 Å². The van der Waals surface area contributed by atoms with Crippen LogP contribution in [0.3, 0.4) is 0 Å². The monoisotopic (exact) mass is 304 g/mol. The van der Waals surface area contributed by atoms with Gasteiger partial charge in [0.2, 0.25) is 5.91 Å². The van der Waals surface area contributed by atoms with Gasteiger partial charge in [0.1, 0.15) is 4.99 Å². The second-order valence-electron chi connectivity index (χ2n) is 4.76. The van der Waals surface area contributed by atoms with Gasteiger partial charge in [0.15, 0.2) is 0 Å². The molecule has 110 valence electrons. The van der Waals surface area contributed by atoms with Crippen molar-refractivity contribution in [1.82, 2.24) is 10.2 Å². The van der Waals surface area contributed by atoms with Gasteiger partial charge in [0.25, 0.3) is 11.8 Å². The predicted octanol–water partition coefficient (Wildman–Crippen LogP) is 1.41. The Labute approximate surface area is 128 Å². The van der Waals surface area contributed by atoms with Crippen LogP contribution in [0.2, 0.25) is 0 Å². The summed E-state index contributed by atoms with van der Waals surface area (Å²) in [7, 11) is 0. The average Bonchev–Trinajstić information content (AvgIpc) is 2.68. The van der Waals surface area contributed by atoms with Gasteiger partial charge in [-0.05, 0) is 26.3 Å². The van der Waals surface area contributed by atoms with E-state index >= 15 is 0 Å². The number of carbonyl (C=O) groups is 3.